The summed E-state index contributed by atoms with van der Waals surface area (Å²) in [6.07, 6.45) is -4.49. The van der Waals surface area contributed by atoms with Crippen LogP contribution in [-0.2, 0) is 22.2 Å². The number of hydrogen-bond acceptors (Lipinski definition) is 2. The number of hydrogen-bond donors (Lipinski definition) is 1. The standard InChI is InChI=1S/C20H21F3N2O2/c1-13-5-4-6-17(14(13)2)24-18(26)12-25(3)19(27)11-15-7-9-16(10-8-15)20(21,22)23/h4-10H,11-12H2,1-3H3,(H,24,26). The molecule has 2 rings (SSSR count). The van der Waals surface area contributed by atoms with Crippen LogP contribution in [0.4, 0.5) is 18.9 Å². The van der Waals surface area contributed by atoms with Gasteiger partial charge in [0.2, 0.25) is 11.8 Å². The van der Waals surface area contributed by atoms with Crippen LogP contribution in [0, 0.1) is 13.8 Å². The number of anilines is 1. The molecule has 2 aromatic rings. The van der Waals surface area contributed by atoms with Gasteiger partial charge in [-0.15, -0.1) is 0 Å². The van der Waals surface area contributed by atoms with Crippen molar-refractivity contribution in [3.63, 3.8) is 0 Å². The summed E-state index contributed by atoms with van der Waals surface area (Å²) in [5.41, 5.74) is 2.36. The molecule has 0 aromatic heterocycles. The highest BCUT2D eigenvalue weighted by Gasteiger charge is 2.30. The van der Waals surface area contributed by atoms with Crippen molar-refractivity contribution in [1.82, 2.24) is 4.90 Å². The van der Waals surface area contributed by atoms with E-state index in [-0.39, 0.29) is 24.8 Å². The molecule has 0 fully saturated rings. The highest BCUT2D eigenvalue weighted by molar-refractivity contribution is 5.95. The number of likely N-dealkylation sites (N-methyl/N-ethyl adjacent to an activating group) is 1. The van der Waals surface area contributed by atoms with Crippen LogP contribution in [0.25, 0.3) is 0 Å². The first-order valence-corrected chi connectivity index (χ1v) is 8.34. The summed E-state index contributed by atoms with van der Waals surface area (Å²) in [6.45, 7) is 3.68. The van der Waals surface area contributed by atoms with Crippen molar-refractivity contribution in [1.29, 1.82) is 0 Å². The Kier molecular flexibility index (Phi) is 6.25. The number of alkyl halides is 3. The first kappa shape index (κ1) is 20.5. The van der Waals surface area contributed by atoms with Gasteiger partial charge in [-0.3, -0.25) is 9.59 Å². The fourth-order valence-electron chi connectivity index (χ4n) is 2.50. The molecule has 0 aliphatic heterocycles. The number of aryl methyl sites for hydroxylation is 1. The van der Waals surface area contributed by atoms with Crippen molar-refractivity contribution in [2.24, 2.45) is 0 Å². The molecule has 2 aromatic carbocycles. The van der Waals surface area contributed by atoms with Gasteiger partial charge >= 0.3 is 6.18 Å². The largest absolute Gasteiger partial charge is 0.416 e. The summed E-state index contributed by atoms with van der Waals surface area (Å²) >= 11 is 0. The molecule has 2 amide bonds. The molecule has 0 saturated carbocycles. The van der Waals surface area contributed by atoms with Crippen LogP contribution >= 0.6 is 0 Å². The predicted octanol–water partition coefficient (Wildman–Crippen LogP) is 3.96. The van der Waals surface area contributed by atoms with Crippen molar-refractivity contribution in [3.8, 4) is 0 Å². The van der Waals surface area contributed by atoms with Crippen molar-refractivity contribution in [2.75, 3.05) is 18.9 Å². The maximum absolute atomic E-state index is 12.6. The third-order valence-electron chi connectivity index (χ3n) is 4.32. The van der Waals surface area contributed by atoms with E-state index in [0.717, 1.165) is 23.3 Å². The van der Waals surface area contributed by atoms with Crippen molar-refractivity contribution < 1.29 is 22.8 Å². The lowest BCUT2D eigenvalue weighted by Crippen LogP contribution is -2.35. The molecule has 1 N–H and O–H groups in total. The Hall–Kier alpha value is -2.83. The third-order valence-corrected chi connectivity index (χ3v) is 4.32. The smallest absolute Gasteiger partial charge is 0.336 e. The third kappa shape index (κ3) is 5.57. The quantitative estimate of drug-likeness (QED) is 0.856. The minimum absolute atomic E-state index is 0.0780. The molecule has 27 heavy (non-hydrogen) atoms. The number of nitrogens with one attached hydrogen (secondary N) is 1. The SMILES string of the molecule is Cc1cccc(NC(=O)CN(C)C(=O)Cc2ccc(C(F)(F)F)cc2)c1C. The zero-order valence-electron chi connectivity index (χ0n) is 15.4. The summed E-state index contributed by atoms with van der Waals surface area (Å²) in [7, 11) is 1.48. The summed E-state index contributed by atoms with van der Waals surface area (Å²) in [5.74, 6) is -0.696. The van der Waals surface area contributed by atoms with E-state index < -0.39 is 11.7 Å². The highest BCUT2D eigenvalue weighted by atomic mass is 19.4. The molecule has 0 spiro atoms. The van der Waals surface area contributed by atoms with Crippen molar-refractivity contribution in [3.05, 3.63) is 64.7 Å². The lowest BCUT2D eigenvalue weighted by molar-refractivity contribution is -0.137. The molecule has 0 heterocycles. The van der Waals surface area contributed by atoms with E-state index in [1.165, 1.54) is 24.1 Å². The first-order chi connectivity index (χ1) is 12.6. The second-order valence-corrected chi connectivity index (χ2v) is 6.42. The lowest BCUT2D eigenvalue weighted by atomic mass is 10.1. The Morgan fingerprint density at radius 2 is 1.67 bits per heavy atom. The molecule has 0 aliphatic carbocycles. The molecule has 7 heteroatoms. The van der Waals surface area contributed by atoms with Gasteiger partial charge in [0, 0.05) is 12.7 Å². The van der Waals surface area contributed by atoms with Gasteiger partial charge in [0.05, 0.1) is 18.5 Å². The Balaban J connectivity index is 1.93. The molecule has 144 valence electrons. The van der Waals surface area contributed by atoms with E-state index in [2.05, 4.69) is 5.32 Å². The van der Waals surface area contributed by atoms with Gasteiger partial charge in [0.25, 0.3) is 0 Å². The second-order valence-electron chi connectivity index (χ2n) is 6.42. The van der Waals surface area contributed by atoms with E-state index in [1.807, 2.05) is 26.0 Å². The number of rotatable bonds is 5. The van der Waals surface area contributed by atoms with E-state index in [1.54, 1.807) is 6.07 Å². The molecule has 0 unspecified atom stereocenters. The van der Waals surface area contributed by atoms with E-state index in [0.29, 0.717) is 11.3 Å². The van der Waals surface area contributed by atoms with Crippen LogP contribution in [0.2, 0.25) is 0 Å². The average molecular weight is 378 g/mol. The summed E-state index contributed by atoms with van der Waals surface area (Å²) < 4.78 is 37.7. The molecule has 0 aliphatic rings. The molecule has 4 nitrogen and oxygen atoms in total. The van der Waals surface area contributed by atoms with Crippen LogP contribution in [-0.4, -0.2) is 30.3 Å². The predicted molar refractivity (Wildman–Crippen MR) is 97.3 cm³/mol. The van der Waals surface area contributed by atoms with Gasteiger partial charge in [-0.05, 0) is 48.7 Å². The molecular formula is C20H21F3N2O2. The Morgan fingerprint density at radius 3 is 2.26 bits per heavy atom. The molecule has 0 bridgehead atoms. The van der Waals surface area contributed by atoms with Crippen molar-refractivity contribution >= 4 is 17.5 Å². The maximum Gasteiger partial charge on any atom is 0.416 e. The Labute approximate surface area is 156 Å². The summed E-state index contributed by atoms with van der Waals surface area (Å²) in [6, 6.07) is 9.97. The molecule has 0 saturated heterocycles. The number of carbonyl (C=O) groups is 2. The summed E-state index contributed by atoms with van der Waals surface area (Å²) in [5, 5.41) is 2.77. The molecule has 0 radical (unpaired) electrons. The van der Waals surface area contributed by atoms with Gasteiger partial charge in [0.15, 0.2) is 0 Å². The van der Waals surface area contributed by atoms with Crippen LogP contribution in [0.15, 0.2) is 42.5 Å². The van der Waals surface area contributed by atoms with Crippen LogP contribution in [0.1, 0.15) is 22.3 Å². The number of benzene rings is 2. The topological polar surface area (TPSA) is 49.4 Å². The Bertz CT molecular complexity index is 830. The van der Waals surface area contributed by atoms with Crippen LogP contribution in [0.3, 0.4) is 0 Å². The highest BCUT2D eigenvalue weighted by Crippen LogP contribution is 2.29. The average Bonchev–Trinajstić information content (AvgIpc) is 2.58. The van der Waals surface area contributed by atoms with Gasteiger partial charge < -0.3 is 10.2 Å². The van der Waals surface area contributed by atoms with E-state index in [9.17, 15) is 22.8 Å². The lowest BCUT2D eigenvalue weighted by Gasteiger charge is -2.18. The minimum atomic E-state index is -4.41. The van der Waals surface area contributed by atoms with Crippen LogP contribution in [0.5, 0.6) is 0 Å². The fraction of sp³-hybridized carbons (Fsp3) is 0.300. The zero-order chi connectivity index (χ0) is 20.2. The van der Waals surface area contributed by atoms with Gasteiger partial charge in [-0.25, -0.2) is 0 Å². The van der Waals surface area contributed by atoms with Gasteiger partial charge in [0.1, 0.15) is 0 Å². The Morgan fingerprint density at radius 1 is 1.04 bits per heavy atom. The summed E-state index contributed by atoms with van der Waals surface area (Å²) in [4.78, 5) is 25.6. The number of halogens is 3. The second kappa shape index (κ2) is 8.24. The van der Waals surface area contributed by atoms with E-state index >= 15 is 0 Å². The number of nitrogens with zero attached hydrogens (tertiary/aromatic N) is 1. The van der Waals surface area contributed by atoms with Gasteiger partial charge in [-0.1, -0.05) is 24.3 Å². The van der Waals surface area contributed by atoms with Gasteiger partial charge in [-0.2, -0.15) is 13.2 Å². The zero-order valence-corrected chi connectivity index (χ0v) is 15.4. The van der Waals surface area contributed by atoms with Crippen LogP contribution < -0.4 is 5.32 Å². The monoisotopic (exact) mass is 378 g/mol. The molecular weight excluding hydrogens is 357 g/mol. The first-order valence-electron chi connectivity index (χ1n) is 8.34. The van der Waals surface area contributed by atoms with Crippen molar-refractivity contribution in [2.45, 2.75) is 26.4 Å². The maximum atomic E-state index is 12.6. The number of amides is 2. The molecule has 0 atom stereocenters. The minimum Gasteiger partial charge on any atom is -0.336 e. The fourth-order valence-corrected chi connectivity index (χ4v) is 2.50. The number of carbonyl (C=O) groups excluding carboxylic acids is 2. The normalized spacial score (nSPS) is 11.2. The van der Waals surface area contributed by atoms with E-state index in [4.69, 9.17) is 0 Å².